The van der Waals surface area contributed by atoms with Crippen molar-refractivity contribution in [1.29, 1.82) is 0 Å². The second-order valence-electron chi connectivity index (χ2n) is 5.48. The Kier molecular flexibility index (Phi) is 5.22. The number of nitrogens with one attached hydrogen (secondary N) is 2. The molecule has 3 rings (SSSR count). The van der Waals surface area contributed by atoms with Crippen LogP contribution in [0.1, 0.15) is 15.9 Å². The van der Waals surface area contributed by atoms with Crippen LogP contribution in [0.5, 0.6) is 0 Å². The average Bonchev–Trinajstić information content (AvgIpc) is 2.60. The highest BCUT2D eigenvalue weighted by molar-refractivity contribution is 6.33. The Balaban J connectivity index is 1.80. The fraction of sp³-hybridized carbons (Fsp3) is 0.0526. The highest BCUT2D eigenvalue weighted by atomic mass is 35.5. The van der Waals surface area contributed by atoms with Gasteiger partial charge in [-0.2, -0.15) is 0 Å². The first-order valence-electron chi connectivity index (χ1n) is 7.57. The predicted molar refractivity (Wildman–Crippen MR) is 103 cm³/mol. The van der Waals surface area contributed by atoms with Gasteiger partial charge < -0.3 is 10.6 Å². The summed E-state index contributed by atoms with van der Waals surface area (Å²) in [5.74, 6) is -0.263. The quantitative estimate of drug-likeness (QED) is 0.618. The Bertz CT molecular complexity index is 928. The molecule has 0 aliphatic heterocycles. The lowest BCUT2D eigenvalue weighted by molar-refractivity contribution is 0.102. The van der Waals surface area contributed by atoms with E-state index in [0.717, 1.165) is 11.3 Å². The number of carbonyl (C=O) groups is 1. The van der Waals surface area contributed by atoms with Crippen LogP contribution in [0.15, 0.2) is 60.9 Å². The maximum atomic E-state index is 12.5. The largest absolute Gasteiger partial charge is 0.353 e. The van der Waals surface area contributed by atoms with Gasteiger partial charge in [-0.3, -0.25) is 9.78 Å². The molecule has 2 aromatic carbocycles. The molecule has 25 heavy (non-hydrogen) atoms. The van der Waals surface area contributed by atoms with E-state index in [-0.39, 0.29) is 5.91 Å². The van der Waals surface area contributed by atoms with Crippen LogP contribution in [0.3, 0.4) is 0 Å². The van der Waals surface area contributed by atoms with Gasteiger partial charge in [0.1, 0.15) is 0 Å². The normalized spacial score (nSPS) is 10.4. The number of carbonyl (C=O) groups excluding carboxylic acids is 1. The van der Waals surface area contributed by atoms with Crippen LogP contribution < -0.4 is 10.6 Å². The van der Waals surface area contributed by atoms with E-state index in [1.807, 2.05) is 31.2 Å². The molecule has 0 fully saturated rings. The van der Waals surface area contributed by atoms with E-state index in [1.54, 1.807) is 30.5 Å². The van der Waals surface area contributed by atoms with E-state index < -0.39 is 0 Å². The first-order valence-corrected chi connectivity index (χ1v) is 8.32. The number of anilines is 3. The molecule has 1 heterocycles. The van der Waals surface area contributed by atoms with Crippen molar-refractivity contribution < 1.29 is 4.79 Å². The molecule has 4 nitrogen and oxygen atoms in total. The fourth-order valence-corrected chi connectivity index (χ4v) is 2.63. The van der Waals surface area contributed by atoms with E-state index in [0.29, 0.717) is 27.0 Å². The maximum Gasteiger partial charge on any atom is 0.257 e. The topological polar surface area (TPSA) is 54.0 Å². The third kappa shape index (κ3) is 4.29. The standard InChI is InChI=1S/C19H15Cl2N3O/c1-12-6-7-14(20)9-18(12)24-19(25)13-8-15(11-22-10-13)23-17-5-3-2-4-16(17)21/h2-11,23H,1H3,(H,24,25). The van der Waals surface area contributed by atoms with E-state index in [1.165, 1.54) is 6.20 Å². The molecule has 0 saturated heterocycles. The van der Waals surface area contributed by atoms with Gasteiger partial charge in [0.05, 0.1) is 28.2 Å². The number of benzene rings is 2. The molecule has 0 radical (unpaired) electrons. The number of hydrogen-bond donors (Lipinski definition) is 2. The lowest BCUT2D eigenvalue weighted by Crippen LogP contribution is -2.13. The molecule has 0 saturated carbocycles. The summed E-state index contributed by atoms with van der Waals surface area (Å²) in [5.41, 5.74) is 3.44. The van der Waals surface area contributed by atoms with Crippen LogP contribution in [-0.4, -0.2) is 10.9 Å². The number of aryl methyl sites for hydroxylation is 1. The third-order valence-electron chi connectivity index (χ3n) is 3.60. The molecule has 1 amide bonds. The predicted octanol–water partition coefficient (Wildman–Crippen LogP) is 5.69. The molecular formula is C19H15Cl2N3O. The van der Waals surface area contributed by atoms with Crippen LogP contribution in [0, 0.1) is 6.92 Å². The van der Waals surface area contributed by atoms with Gasteiger partial charge in [0, 0.05) is 16.9 Å². The first-order chi connectivity index (χ1) is 12.0. The minimum absolute atomic E-state index is 0.263. The molecule has 0 atom stereocenters. The number of aromatic nitrogens is 1. The van der Waals surface area contributed by atoms with Crippen molar-refractivity contribution in [2.75, 3.05) is 10.6 Å². The van der Waals surface area contributed by atoms with Gasteiger partial charge >= 0.3 is 0 Å². The SMILES string of the molecule is Cc1ccc(Cl)cc1NC(=O)c1cncc(Nc2ccccc2Cl)c1. The van der Waals surface area contributed by atoms with E-state index in [2.05, 4.69) is 15.6 Å². The highest BCUT2D eigenvalue weighted by Gasteiger charge is 2.10. The second-order valence-corrected chi connectivity index (χ2v) is 6.32. The highest BCUT2D eigenvalue weighted by Crippen LogP contribution is 2.25. The van der Waals surface area contributed by atoms with E-state index in [9.17, 15) is 4.79 Å². The van der Waals surface area contributed by atoms with Gasteiger partial charge in [-0.25, -0.2) is 0 Å². The zero-order valence-corrected chi connectivity index (χ0v) is 14.9. The first kappa shape index (κ1) is 17.3. The third-order valence-corrected chi connectivity index (χ3v) is 4.17. The lowest BCUT2D eigenvalue weighted by atomic mass is 10.2. The summed E-state index contributed by atoms with van der Waals surface area (Å²) in [4.78, 5) is 16.6. The van der Waals surface area contributed by atoms with Crippen molar-refractivity contribution in [2.24, 2.45) is 0 Å². The van der Waals surface area contributed by atoms with Crippen molar-refractivity contribution in [2.45, 2.75) is 6.92 Å². The molecule has 0 unspecified atom stereocenters. The summed E-state index contributed by atoms with van der Waals surface area (Å²) in [6, 6.07) is 14.4. The van der Waals surface area contributed by atoms with Crippen LogP contribution in [0.4, 0.5) is 17.1 Å². The Morgan fingerprint density at radius 1 is 1.00 bits per heavy atom. The molecule has 0 aliphatic rings. The van der Waals surface area contributed by atoms with Crippen LogP contribution in [0.25, 0.3) is 0 Å². The minimum atomic E-state index is -0.263. The number of halogens is 2. The molecule has 0 bridgehead atoms. The van der Waals surface area contributed by atoms with Crippen LogP contribution >= 0.6 is 23.2 Å². The van der Waals surface area contributed by atoms with E-state index >= 15 is 0 Å². The van der Waals surface area contributed by atoms with Gasteiger partial charge in [-0.1, -0.05) is 41.4 Å². The Morgan fingerprint density at radius 3 is 2.60 bits per heavy atom. The van der Waals surface area contributed by atoms with Crippen molar-refractivity contribution in [1.82, 2.24) is 4.98 Å². The number of rotatable bonds is 4. The maximum absolute atomic E-state index is 12.5. The molecule has 3 aromatic rings. The Morgan fingerprint density at radius 2 is 1.80 bits per heavy atom. The van der Waals surface area contributed by atoms with Crippen molar-refractivity contribution in [3.05, 3.63) is 82.1 Å². The monoisotopic (exact) mass is 371 g/mol. The Labute approximate surface area is 155 Å². The summed E-state index contributed by atoms with van der Waals surface area (Å²) in [6.07, 6.45) is 3.14. The second kappa shape index (κ2) is 7.55. The number of amides is 1. The molecule has 0 aliphatic carbocycles. The van der Waals surface area contributed by atoms with Crippen molar-refractivity contribution >= 4 is 46.2 Å². The van der Waals surface area contributed by atoms with E-state index in [4.69, 9.17) is 23.2 Å². The van der Waals surface area contributed by atoms with Crippen molar-refractivity contribution in [3.8, 4) is 0 Å². The fourth-order valence-electron chi connectivity index (χ4n) is 2.27. The minimum Gasteiger partial charge on any atom is -0.353 e. The summed E-state index contributed by atoms with van der Waals surface area (Å²) in [7, 11) is 0. The van der Waals surface area contributed by atoms with Gasteiger partial charge in [0.2, 0.25) is 0 Å². The van der Waals surface area contributed by atoms with Crippen molar-refractivity contribution in [3.63, 3.8) is 0 Å². The van der Waals surface area contributed by atoms with Gasteiger partial charge in [-0.15, -0.1) is 0 Å². The number of hydrogen-bond acceptors (Lipinski definition) is 3. The van der Waals surface area contributed by atoms with Crippen LogP contribution in [-0.2, 0) is 0 Å². The lowest BCUT2D eigenvalue weighted by Gasteiger charge is -2.11. The molecule has 126 valence electrons. The number of para-hydroxylation sites is 1. The molecule has 1 aromatic heterocycles. The molecule has 0 spiro atoms. The smallest absolute Gasteiger partial charge is 0.257 e. The zero-order valence-electron chi connectivity index (χ0n) is 13.4. The summed E-state index contributed by atoms with van der Waals surface area (Å²) < 4.78 is 0. The average molecular weight is 372 g/mol. The zero-order chi connectivity index (χ0) is 17.8. The van der Waals surface area contributed by atoms with Gasteiger partial charge in [0.15, 0.2) is 0 Å². The summed E-state index contributed by atoms with van der Waals surface area (Å²) in [6.45, 7) is 1.90. The van der Waals surface area contributed by atoms with Gasteiger partial charge in [-0.05, 0) is 42.8 Å². The number of pyridine rings is 1. The molecule has 6 heteroatoms. The molecular weight excluding hydrogens is 357 g/mol. The van der Waals surface area contributed by atoms with Gasteiger partial charge in [0.25, 0.3) is 5.91 Å². The Hall–Kier alpha value is -2.56. The van der Waals surface area contributed by atoms with Crippen LogP contribution in [0.2, 0.25) is 10.0 Å². The summed E-state index contributed by atoms with van der Waals surface area (Å²) >= 11 is 12.1. The number of nitrogens with zero attached hydrogens (tertiary/aromatic N) is 1. The summed E-state index contributed by atoms with van der Waals surface area (Å²) in [5, 5.41) is 7.16. The molecule has 2 N–H and O–H groups in total.